The Morgan fingerprint density at radius 1 is 1.46 bits per heavy atom. The summed E-state index contributed by atoms with van der Waals surface area (Å²) in [5.41, 5.74) is 3.22. The molecule has 1 amide bonds. The Kier molecular flexibility index (Phi) is 4.96. The molecule has 1 saturated heterocycles. The van der Waals surface area contributed by atoms with Gasteiger partial charge in [0, 0.05) is 19.1 Å². The largest absolute Gasteiger partial charge is 0.444 e. The predicted molar refractivity (Wildman–Crippen MR) is 88.9 cm³/mol. The molecule has 1 N–H and O–H groups in total. The fourth-order valence-corrected chi connectivity index (χ4v) is 3.64. The summed E-state index contributed by atoms with van der Waals surface area (Å²) in [5, 5.41) is 2.89. The highest BCUT2D eigenvalue weighted by Crippen LogP contribution is 2.23. The number of thiazole rings is 1. The van der Waals surface area contributed by atoms with Crippen molar-refractivity contribution in [3.05, 3.63) is 33.4 Å². The molecule has 1 fully saturated rings. The first-order chi connectivity index (χ1) is 11.4. The second-order valence-electron chi connectivity index (χ2n) is 6.14. The minimum atomic E-state index is -0.894. The van der Waals surface area contributed by atoms with Gasteiger partial charge >= 0.3 is 0 Å². The lowest BCUT2D eigenvalue weighted by molar-refractivity contribution is 0.0942. The first-order valence-corrected chi connectivity index (χ1v) is 8.81. The van der Waals surface area contributed by atoms with Gasteiger partial charge in [0.25, 0.3) is 5.91 Å². The zero-order chi connectivity index (χ0) is 17.3. The third-order valence-electron chi connectivity index (χ3n) is 4.34. The molecule has 0 spiro atoms. The fraction of sp³-hybridized carbons (Fsp3) is 0.562. The Labute approximate surface area is 144 Å². The van der Waals surface area contributed by atoms with Crippen LogP contribution in [0.15, 0.2) is 9.93 Å². The van der Waals surface area contributed by atoms with Gasteiger partial charge in [-0.05, 0) is 27.2 Å². The van der Waals surface area contributed by atoms with Crippen molar-refractivity contribution >= 4 is 17.2 Å². The molecule has 0 bridgehead atoms. The lowest BCUT2D eigenvalue weighted by atomic mass is 10.2. The summed E-state index contributed by atoms with van der Waals surface area (Å²) in [7, 11) is 0. The number of aromatic nitrogens is 2. The topological polar surface area (TPSA) is 71.3 Å². The van der Waals surface area contributed by atoms with Crippen molar-refractivity contribution in [2.75, 3.05) is 13.1 Å². The quantitative estimate of drug-likeness (QED) is 0.895. The van der Waals surface area contributed by atoms with Gasteiger partial charge in [-0.25, -0.2) is 14.4 Å². The summed E-state index contributed by atoms with van der Waals surface area (Å²) >= 11 is 1.31. The standard InChI is InChI=1S/C16H21FN4O2S/c1-9-11(3)23-14(20-9)7-21-6-12(17)4-13(21)5-18-16(22)15-10(2)19-8-24-15/h8,12-13H,4-7H2,1-3H3,(H,18,22)/t12-,13-/m0/s1. The number of nitrogens with one attached hydrogen (secondary N) is 1. The molecular weight excluding hydrogens is 331 g/mol. The van der Waals surface area contributed by atoms with E-state index in [1.54, 1.807) is 12.4 Å². The summed E-state index contributed by atoms with van der Waals surface area (Å²) in [4.78, 5) is 23.2. The van der Waals surface area contributed by atoms with Crippen LogP contribution in [-0.2, 0) is 6.54 Å². The monoisotopic (exact) mass is 352 g/mol. The minimum Gasteiger partial charge on any atom is -0.444 e. The maximum Gasteiger partial charge on any atom is 0.263 e. The first kappa shape index (κ1) is 17.0. The Hall–Kier alpha value is -1.80. The van der Waals surface area contributed by atoms with E-state index in [-0.39, 0.29) is 11.9 Å². The number of aryl methyl sites for hydroxylation is 3. The number of hydrogen-bond acceptors (Lipinski definition) is 6. The Balaban J connectivity index is 1.61. The van der Waals surface area contributed by atoms with Crippen molar-refractivity contribution < 1.29 is 13.6 Å². The molecule has 24 heavy (non-hydrogen) atoms. The van der Waals surface area contributed by atoms with Gasteiger partial charge in [-0.3, -0.25) is 9.69 Å². The van der Waals surface area contributed by atoms with Crippen LogP contribution in [0.4, 0.5) is 4.39 Å². The zero-order valence-electron chi connectivity index (χ0n) is 14.0. The number of carbonyl (C=O) groups excluding carboxylic acids is 1. The molecule has 8 heteroatoms. The van der Waals surface area contributed by atoms with Gasteiger partial charge in [0.15, 0.2) is 0 Å². The lowest BCUT2D eigenvalue weighted by Crippen LogP contribution is -2.39. The number of halogens is 1. The second-order valence-corrected chi connectivity index (χ2v) is 7.00. The van der Waals surface area contributed by atoms with Crippen LogP contribution in [0.2, 0.25) is 0 Å². The first-order valence-electron chi connectivity index (χ1n) is 7.93. The van der Waals surface area contributed by atoms with E-state index in [2.05, 4.69) is 15.3 Å². The Morgan fingerprint density at radius 3 is 2.88 bits per heavy atom. The van der Waals surface area contributed by atoms with Crippen molar-refractivity contribution in [2.24, 2.45) is 0 Å². The third kappa shape index (κ3) is 3.64. The molecule has 0 aliphatic carbocycles. The average molecular weight is 352 g/mol. The Morgan fingerprint density at radius 2 is 2.25 bits per heavy atom. The molecule has 0 saturated carbocycles. The molecule has 6 nitrogen and oxygen atoms in total. The van der Waals surface area contributed by atoms with E-state index >= 15 is 0 Å². The zero-order valence-corrected chi connectivity index (χ0v) is 14.8. The van der Waals surface area contributed by atoms with Gasteiger partial charge < -0.3 is 9.73 Å². The van der Waals surface area contributed by atoms with Crippen LogP contribution < -0.4 is 5.32 Å². The van der Waals surface area contributed by atoms with Crippen LogP contribution in [0.3, 0.4) is 0 Å². The summed E-state index contributed by atoms with van der Waals surface area (Å²) in [6.45, 7) is 6.74. The third-order valence-corrected chi connectivity index (χ3v) is 5.27. The lowest BCUT2D eigenvalue weighted by Gasteiger charge is -2.22. The molecule has 3 heterocycles. The molecule has 1 aliphatic rings. The number of rotatable bonds is 5. The summed E-state index contributed by atoms with van der Waals surface area (Å²) in [6, 6.07) is -0.0651. The molecule has 2 aromatic rings. The molecule has 0 aromatic carbocycles. The highest BCUT2D eigenvalue weighted by molar-refractivity contribution is 7.11. The van der Waals surface area contributed by atoms with Gasteiger partial charge in [-0.1, -0.05) is 0 Å². The molecule has 130 valence electrons. The number of likely N-dealkylation sites (tertiary alicyclic amines) is 1. The number of nitrogens with zero attached hydrogens (tertiary/aromatic N) is 3. The van der Waals surface area contributed by atoms with Gasteiger partial charge in [-0.2, -0.15) is 0 Å². The number of oxazole rings is 1. The van der Waals surface area contributed by atoms with Crippen LogP contribution in [0.25, 0.3) is 0 Å². The summed E-state index contributed by atoms with van der Waals surface area (Å²) in [6.07, 6.45) is -0.491. The van der Waals surface area contributed by atoms with Gasteiger partial charge in [0.1, 0.15) is 16.8 Å². The van der Waals surface area contributed by atoms with Crippen molar-refractivity contribution in [2.45, 2.75) is 46.0 Å². The molecule has 1 aliphatic heterocycles. The molecule has 0 unspecified atom stereocenters. The van der Waals surface area contributed by atoms with E-state index in [0.717, 1.165) is 17.1 Å². The van der Waals surface area contributed by atoms with E-state index in [9.17, 15) is 9.18 Å². The molecule has 2 aromatic heterocycles. The highest BCUT2D eigenvalue weighted by Gasteiger charge is 2.33. The smallest absolute Gasteiger partial charge is 0.263 e. The number of carbonyl (C=O) groups is 1. The van der Waals surface area contributed by atoms with Crippen LogP contribution in [0.1, 0.15) is 39.1 Å². The van der Waals surface area contributed by atoms with Gasteiger partial charge in [0.05, 0.1) is 23.4 Å². The second kappa shape index (κ2) is 6.98. The van der Waals surface area contributed by atoms with E-state index in [1.807, 2.05) is 18.7 Å². The molecule has 2 atom stereocenters. The summed E-state index contributed by atoms with van der Waals surface area (Å²) in [5.74, 6) is 1.22. The van der Waals surface area contributed by atoms with E-state index in [4.69, 9.17) is 4.42 Å². The van der Waals surface area contributed by atoms with Crippen LogP contribution in [0, 0.1) is 20.8 Å². The predicted octanol–water partition coefficient (Wildman–Crippen LogP) is 2.40. The molecular formula is C16H21FN4O2S. The van der Waals surface area contributed by atoms with Gasteiger partial charge in [0.2, 0.25) is 5.89 Å². The SMILES string of the molecule is Cc1nc(CN2C[C@@H](F)C[C@H]2CNC(=O)c2scnc2C)oc1C. The minimum absolute atomic E-state index is 0.0651. The van der Waals surface area contributed by atoms with Crippen molar-refractivity contribution in [1.29, 1.82) is 0 Å². The van der Waals surface area contributed by atoms with Crippen LogP contribution >= 0.6 is 11.3 Å². The fourth-order valence-electron chi connectivity index (χ4n) is 2.92. The number of alkyl halides is 1. The van der Waals surface area contributed by atoms with Gasteiger partial charge in [-0.15, -0.1) is 11.3 Å². The molecule has 0 radical (unpaired) electrons. The number of amides is 1. The number of hydrogen-bond donors (Lipinski definition) is 1. The van der Waals surface area contributed by atoms with Crippen molar-refractivity contribution in [3.8, 4) is 0 Å². The van der Waals surface area contributed by atoms with E-state index < -0.39 is 6.17 Å². The maximum absolute atomic E-state index is 13.9. The van der Waals surface area contributed by atoms with Crippen LogP contribution in [0.5, 0.6) is 0 Å². The normalized spacial score (nSPS) is 21.3. The molecule has 3 rings (SSSR count). The average Bonchev–Trinajstić information content (AvgIpc) is 3.18. The summed E-state index contributed by atoms with van der Waals surface area (Å²) < 4.78 is 19.5. The van der Waals surface area contributed by atoms with Crippen molar-refractivity contribution in [1.82, 2.24) is 20.2 Å². The van der Waals surface area contributed by atoms with E-state index in [1.165, 1.54) is 11.3 Å². The van der Waals surface area contributed by atoms with Crippen LogP contribution in [-0.4, -0.2) is 46.1 Å². The van der Waals surface area contributed by atoms with E-state index in [0.29, 0.717) is 36.8 Å². The Bertz CT molecular complexity index is 710. The van der Waals surface area contributed by atoms with Crippen molar-refractivity contribution in [3.63, 3.8) is 0 Å². The maximum atomic E-state index is 13.9. The highest BCUT2D eigenvalue weighted by atomic mass is 32.1.